The standard InChI is InChI=1S/C28H32N2O2S/c1-22-13-15-24(16-14-22)20-30(26(28(32)29-2)19-23-9-5-3-6-10-23)27(31)17-18-33-21-25-11-7-4-8-12-25/h3-16,26H,17-21H2,1-2H3,(H,29,32)/t26-/m0/s1. The van der Waals surface area contributed by atoms with Gasteiger partial charge >= 0.3 is 0 Å². The second kappa shape index (κ2) is 12.9. The Morgan fingerprint density at radius 2 is 1.45 bits per heavy atom. The lowest BCUT2D eigenvalue weighted by Gasteiger charge is -2.31. The molecule has 4 nitrogen and oxygen atoms in total. The molecule has 3 rings (SSSR count). The number of carbonyl (C=O) groups excluding carboxylic acids is 2. The van der Waals surface area contributed by atoms with E-state index in [1.165, 1.54) is 11.1 Å². The topological polar surface area (TPSA) is 49.4 Å². The van der Waals surface area contributed by atoms with Crippen molar-refractivity contribution in [2.75, 3.05) is 12.8 Å². The van der Waals surface area contributed by atoms with Crippen LogP contribution in [0.2, 0.25) is 0 Å². The van der Waals surface area contributed by atoms with Crippen LogP contribution in [0.25, 0.3) is 0 Å². The number of amides is 2. The third-order valence-corrected chi connectivity index (χ3v) is 6.59. The molecule has 0 unspecified atom stereocenters. The molecule has 0 heterocycles. The highest BCUT2D eigenvalue weighted by molar-refractivity contribution is 7.98. The number of hydrogen-bond donors (Lipinski definition) is 1. The maximum Gasteiger partial charge on any atom is 0.242 e. The van der Waals surface area contributed by atoms with Crippen molar-refractivity contribution in [1.82, 2.24) is 10.2 Å². The number of thioether (sulfide) groups is 1. The molecular formula is C28H32N2O2S. The van der Waals surface area contributed by atoms with Gasteiger partial charge in [-0.15, -0.1) is 0 Å². The number of aryl methyl sites for hydroxylation is 1. The fourth-order valence-electron chi connectivity index (χ4n) is 3.68. The van der Waals surface area contributed by atoms with Crippen molar-refractivity contribution in [2.24, 2.45) is 0 Å². The smallest absolute Gasteiger partial charge is 0.242 e. The SMILES string of the molecule is CNC(=O)[C@H](Cc1ccccc1)N(Cc1ccc(C)cc1)C(=O)CCSCc1ccccc1. The fourth-order valence-corrected chi connectivity index (χ4v) is 4.57. The fraction of sp³-hybridized carbons (Fsp3) is 0.286. The number of rotatable bonds is 11. The van der Waals surface area contributed by atoms with Gasteiger partial charge in [-0.25, -0.2) is 0 Å². The number of likely N-dealkylation sites (N-methyl/N-ethyl adjacent to an activating group) is 1. The number of benzene rings is 3. The summed E-state index contributed by atoms with van der Waals surface area (Å²) in [5.74, 6) is 1.44. The van der Waals surface area contributed by atoms with Crippen molar-refractivity contribution in [1.29, 1.82) is 0 Å². The monoisotopic (exact) mass is 460 g/mol. The predicted octanol–water partition coefficient (Wildman–Crippen LogP) is 5.00. The van der Waals surface area contributed by atoms with Gasteiger partial charge in [0.1, 0.15) is 6.04 Å². The van der Waals surface area contributed by atoms with Crippen molar-refractivity contribution < 1.29 is 9.59 Å². The van der Waals surface area contributed by atoms with Gasteiger partial charge in [0.25, 0.3) is 0 Å². The van der Waals surface area contributed by atoms with Gasteiger partial charge in [-0.2, -0.15) is 11.8 Å². The predicted molar refractivity (Wildman–Crippen MR) is 137 cm³/mol. The van der Waals surface area contributed by atoms with E-state index in [0.29, 0.717) is 25.1 Å². The molecule has 0 saturated carbocycles. The lowest BCUT2D eigenvalue weighted by atomic mass is 10.0. The Kier molecular flexibility index (Phi) is 9.58. The van der Waals surface area contributed by atoms with E-state index in [9.17, 15) is 9.59 Å². The van der Waals surface area contributed by atoms with Crippen LogP contribution in [-0.4, -0.2) is 35.6 Å². The number of hydrogen-bond acceptors (Lipinski definition) is 3. The van der Waals surface area contributed by atoms with Crippen LogP contribution in [0.5, 0.6) is 0 Å². The Morgan fingerprint density at radius 3 is 2.06 bits per heavy atom. The van der Waals surface area contributed by atoms with Crippen LogP contribution in [0, 0.1) is 6.92 Å². The van der Waals surface area contributed by atoms with E-state index in [2.05, 4.69) is 17.4 Å². The minimum atomic E-state index is -0.565. The average Bonchev–Trinajstić information content (AvgIpc) is 2.86. The zero-order chi connectivity index (χ0) is 23.5. The van der Waals surface area contributed by atoms with Crippen molar-refractivity contribution in [2.45, 2.75) is 38.1 Å². The van der Waals surface area contributed by atoms with Crippen LogP contribution in [0.15, 0.2) is 84.9 Å². The van der Waals surface area contributed by atoms with Gasteiger partial charge in [-0.05, 0) is 23.6 Å². The summed E-state index contributed by atoms with van der Waals surface area (Å²) < 4.78 is 0. The van der Waals surface area contributed by atoms with E-state index in [0.717, 1.165) is 16.9 Å². The molecule has 0 radical (unpaired) electrons. The molecule has 0 fully saturated rings. The maximum absolute atomic E-state index is 13.4. The van der Waals surface area contributed by atoms with Gasteiger partial charge in [0, 0.05) is 37.9 Å². The molecule has 1 N–H and O–H groups in total. The van der Waals surface area contributed by atoms with Gasteiger partial charge in [0.2, 0.25) is 11.8 Å². The Balaban J connectivity index is 1.74. The van der Waals surface area contributed by atoms with Crippen molar-refractivity contribution >= 4 is 23.6 Å². The van der Waals surface area contributed by atoms with Crippen LogP contribution in [-0.2, 0) is 28.3 Å². The molecule has 0 aliphatic rings. The zero-order valence-electron chi connectivity index (χ0n) is 19.4. The zero-order valence-corrected chi connectivity index (χ0v) is 20.2. The molecular weight excluding hydrogens is 428 g/mol. The van der Waals surface area contributed by atoms with E-state index in [1.807, 2.05) is 79.7 Å². The van der Waals surface area contributed by atoms with Gasteiger partial charge in [-0.1, -0.05) is 90.5 Å². The first-order valence-electron chi connectivity index (χ1n) is 11.3. The van der Waals surface area contributed by atoms with Gasteiger partial charge in [0.05, 0.1) is 0 Å². The highest BCUT2D eigenvalue weighted by atomic mass is 32.2. The van der Waals surface area contributed by atoms with Crippen molar-refractivity contribution in [3.63, 3.8) is 0 Å². The summed E-state index contributed by atoms with van der Waals surface area (Å²) in [6.07, 6.45) is 0.876. The van der Waals surface area contributed by atoms with Gasteiger partial charge < -0.3 is 10.2 Å². The summed E-state index contributed by atoms with van der Waals surface area (Å²) in [6, 6.07) is 27.7. The molecule has 172 valence electrons. The Bertz CT molecular complexity index is 1010. The summed E-state index contributed by atoms with van der Waals surface area (Å²) in [6.45, 7) is 2.45. The van der Waals surface area contributed by atoms with Crippen LogP contribution in [0.4, 0.5) is 0 Å². The number of nitrogens with one attached hydrogen (secondary N) is 1. The quantitative estimate of drug-likeness (QED) is 0.410. The molecule has 2 amide bonds. The molecule has 3 aromatic carbocycles. The molecule has 0 bridgehead atoms. The third kappa shape index (κ3) is 7.79. The Labute approximate surface area is 201 Å². The third-order valence-electron chi connectivity index (χ3n) is 5.56. The minimum Gasteiger partial charge on any atom is -0.357 e. The first kappa shape index (κ1) is 24.6. The molecule has 0 saturated heterocycles. The molecule has 1 atom stereocenters. The van der Waals surface area contributed by atoms with Crippen molar-refractivity contribution in [3.05, 3.63) is 107 Å². The summed E-state index contributed by atoms with van der Waals surface area (Å²) >= 11 is 1.74. The van der Waals surface area contributed by atoms with Crippen LogP contribution >= 0.6 is 11.8 Å². The van der Waals surface area contributed by atoms with Gasteiger partial charge in [-0.3, -0.25) is 9.59 Å². The summed E-state index contributed by atoms with van der Waals surface area (Å²) in [5, 5.41) is 2.77. The number of nitrogens with zero attached hydrogens (tertiary/aromatic N) is 1. The number of carbonyl (C=O) groups is 2. The van der Waals surface area contributed by atoms with Crippen molar-refractivity contribution in [3.8, 4) is 0 Å². The molecule has 0 spiro atoms. The second-order valence-electron chi connectivity index (χ2n) is 8.12. The molecule has 0 aliphatic heterocycles. The van der Waals surface area contributed by atoms with E-state index in [4.69, 9.17) is 0 Å². The highest BCUT2D eigenvalue weighted by Gasteiger charge is 2.29. The molecule has 0 aliphatic carbocycles. The molecule has 5 heteroatoms. The second-order valence-corrected chi connectivity index (χ2v) is 9.22. The summed E-state index contributed by atoms with van der Waals surface area (Å²) in [4.78, 5) is 28.1. The van der Waals surface area contributed by atoms with Crippen LogP contribution in [0.1, 0.15) is 28.7 Å². The average molecular weight is 461 g/mol. The minimum absolute atomic E-state index is 0.000618. The maximum atomic E-state index is 13.4. The highest BCUT2D eigenvalue weighted by Crippen LogP contribution is 2.18. The Morgan fingerprint density at radius 1 is 0.848 bits per heavy atom. The Hall–Kier alpha value is -3.05. The normalized spacial score (nSPS) is 11.6. The molecule has 0 aromatic heterocycles. The van der Waals surface area contributed by atoms with E-state index in [-0.39, 0.29) is 11.8 Å². The summed E-state index contributed by atoms with van der Waals surface area (Å²) in [5.41, 5.74) is 4.47. The van der Waals surface area contributed by atoms with Crippen LogP contribution in [0.3, 0.4) is 0 Å². The van der Waals surface area contributed by atoms with E-state index < -0.39 is 6.04 Å². The van der Waals surface area contributed by atoms with Gasteiger partial charge in [0.15, 0.2) is 0 Å². The first-order chi connectivity index (χ1) is 16.1. The lowest BCUT2D eigenvalue weighted by molar-refractivity contribution is -0.140. The van der Waals surface area contributed by atoms with E-state index >= 15 is 0 Å². The van der Waals surface area contributed by atoms with Crippen LogP contribution < -0.4 is 5.32 Å². The largest absolute Gasteiger partial charge is 0.357 e. The van der Waals surface area contributed by atoms with E-state index in [1.54, 1.807) is 23.7 Å². The summed E-state index contributed by atoms with van der Waals surface area (Å²) in [7, 11) is 1.63. The lowest BCUT2D eigenvalue weighted by Crippen LogP contribution is -2.49. The molecule has 3 aromatic rings. The molecule has 33 heavy (non-hydrogen) atoms. The first-order valence-corrected chi connectivity index (χ1v) is 12.4.